The van der Waals surface area contributed by atoms with Crippen molar-refractivity contribution in [3.8, 4) is 5.75 Å². The number of nitrogens with one attached hydrogen (secondary N) is 1. The highest BCUT2D eigenvalue weighted by Gasteiger charge is 2.34. The van der Waals surface area contributed by atoms with E-state index in [2.05, 4.69) is 21.2 Å². The molecule has 0 unspecified atom stereocenters. The van der Waals surface area contributed by atoms with Gasteiger partial charge in [0.25, 0.3) is 5.91 Å². The Labute approximate surface area is 131 Å². The summed E-state index contributed by atoms with van der Waals surface area (Å²) in [5.41, 5.74) is -0.468. The molecule has 0 saturated heterocycles. The van der Waals surface area contributed by atoms with Gasteiger partial charge in [-0.15, -0.1) is 0 Å². The maximum Gasteiger partial charge on any atom is 0.258 e. The topological polar surface area (TPSA) is 58.6 Å². The van der Waals surface area contributed by atoms with E-state index in [1.165, 1.54) is 0 Å². The van der Waals surface area contributed by atoms with E-state index in [0.717, 1.165) is 30.2 Å². The minimum atomic E-state index is -0.468. The highest BCUT2D eigenvalue weighted by atomic mass is 79.9. The summed E-state index contributed by atoms with van der Waals surface area (Å²) in [5, 5.41) is 12.8. The molecule has 1 aliphatic carbocycles. The predicted octanol–water partition coefficient (Wildman–Crippen LogP) is 2.90. The second-order valence-corrected chi connectivity index (χ2v) is 6.38. The molecule has 1 aromatic carbocycles. The Hall–Kier alpha value is -0.780. The fraction of sp³-hybridized carbons (Fsp3) is 0.500. The minimum absolute atomic E-state index is 0.0300. The van der Waals surface area contributed by atoms with Gasteiger partial charge in [0.05, 0.1) is 17.2 Å². The molecule has 110 valence electrons. The van der Waals surface area contributed by atoms with Crippen LogP contribution in [0.15, 0.2) is 22.7 Å². The van der Waals surface area contributed by atoms with Crippen LogP contribution in [0.5, 0.6) is 5.75 Å². The van der Waals surface area contributed by atoms with Gasteiger partial charge in [-0.1, -0.05) is 40.4 Å². The maximum atomic E-state index is 11.9. The molecule has 4 nitrogen and oxygen atoms in total. The number of ether oxygens (including phenoxy) is 1. The molecule has 0 aliphatic heterocycles. The Balaban J connectivity index is 1.89. The van der Waals surface area contributed by atoms with Gasteiger partial charge in [0.1, 0.15) is 5.75 Å². The number of hydrogen-bond acceptors (Lipinski definition) is 3. The van der Waals surface area contributed by atoms with E-state index in [1.54, 1.807) is 18.2 Å². The monoisotopic (exact) mass is 361 g/mol. The molecule has 0 bridgehead atoms. The summed E-state index contributed by atoms with van der Waals surface area (Å²) in [6.07, 6.45) is 3.68. The summed E-state index contributed by atoms with van der Waals surface area (Å²) in [5.74, 6) is 0.231. The molecular formula is C14H17BrClNO3. The molecule has 0 heterocycles. The molecule has 0 aromatic heterocycles. The minimum Gasteiger partial charge on any atom is -0.482 e. The zero-order chi connectivity index (χ0) is 14.6. The fourth-order valence-electron chi connectivity index (χ4n) is 2.44. The number of hydrogen-bond donors (Lipinski definition) is 2. The molecular weight excluding hydrogens is 346 g/mol. The second-order valence-electron chi connectivity index (χ2n) is 5.06. The molecule has 1 aromatic rings. The number of rotatable bonds is 5. The van der Waals surface area contributed by atoms with E-state index in [9.17, 15) is 9.90 Å². The molecule has 1 aliphatic rings. The van der Waals surface area contributed by atoms with E-state index in [0.29, 0.717) is 10.8 Å². The molecule has 2 N–H and O–H groups in total. The van der Waals surface area contributed by atoms with Crippen molar-refractivity contribution in [3.05, 3.63) is 27.7 Å². The summed E-state index contributed by atoms with van der Waals surface area (Å²) in [7, 11) is 0. The Morgan fingerprint density at radius 1 is 1.45 bits per heavy atom. The zero-order valence-electron chi connectivity index (χ0n) is 11.0. The average Bonchev–Trinajstić information content (AvgIpc) is 2.87. The van der Waals surface area contributed by atoms with Gasteiger partial charge in [0, 0.05) is 4.47 Å². The van der Waals surface area contributed by atoms with Crippen molar-refractivity contribution in [1.82, 2.24) is 5.32 Å². The molecule has 0 radical (unpaired) electrons. The number of aliphatic hydroxyl groups excluding tert-OH is 1. The fourth-order valence-corrected chi connectivity index (χ4v) is 3.17. The van der Waals surface area contributed by atoms with Crippen LogP contribution in [0.1, 0.15) is 25.7 Å². The van der Waals surface area contributed by atoms with Gasteiger partial charge >= 0.3 is 0 Å². The molecule has 6 heteroatoms. The Kier molecular flexibility index (Phi) is 5.29. The van der Waals surface area contributed by atoms with Crippen LogP contribution in [0.3, 0.4) is 0 Å². The quantitative estimate of drug-likeness (QED) is 0.847. The van der Waals surface area contributed by atoms with Crippen LogP contribution in [-0.2, 0) is 4.79 Å². The van der Waals surface area contributed by atoms with Gasteiger partial charge in [0.15, 0.2) is 6.61 Å². The maximum absolute atomic E-state index is 11.9. The highest BCUT2D eigenvalue weighted by molar-refractivity contribution is 9.10. The number of amides is 1. The summed E-state index contributed by atoms with van der Waals surface area (Å²) in [6.45, 7) is -0.138. The summed E-state index contributed by atoms with van der Waals surface area (Å²) in [6, 6.07) is 5.21. The van der Waals surface area contributed by atoms with Crippen molar-refractivity contribution in [2.45, 2.75) is 31.2 Å². The van der Waals surface area contributed by atoms with Crippen molar-refractivity contribution in [3.63, 3.8) is 0 Å². The van der Waals surface area contributed by atoms with Gasteiger partial charge in [-0.2, -0.15) is 0 Å². The van der Waals surface area contributed by atoms with Crippen LogP contribution in [0.2, 0.25) is 5.02 Å². The van der Waals surface area contributed by atoms with Crippen molar-refractivity contribution >= 4 is 33.4 Å². The Bertz CT molecular complexity index is 489. The Morgan fingerprint density at radius 3 is 2.75 bits per heavy atom. The molecule has 2 rings (SSSR count). The predicted molar refractivity (Wildman–Crippen MR) is 81.1 cm³/mol. The van der Waals surface area contributed by atoms with Crippen LogP contribution < -0.4 is 10.1 Å². The highest BCUT2D eigenvalue weighted by Crippen LogP contribution is 2.30. The average molecular weight is 363 g/mol. The van der Waals surface area contributed by atoms with Gasteiger partial charge < -0.3 is 15.2 Å². The molecule has 0 atom stereocenters. The van der Waals surface area contributed by atoms with Crippen molar-refractivity contribution in [2.24, 2.45) is 0 Å². The smallest absolute Gasteiger partial charge is 0.258 e. The zero-order valence-corrected chi connectivity index (χ0v) is 13.3. The lowest BCUT2D eigenvalue weighted by Gasteiger charge is -2.27. The first-order valence-electron chi connectivity index (χ1n) is 6.54. The first-order chi connectivity index (χ1) is 9.54. The summed E-state index contributed by atoms with van der Waals surface area (Å²) >= 11 is 9.32. The third-order valence-corrected chi connectivity index (χ3v) is 4.31. The van der Waals surface area contributed by atoms with Crippen molar-refractivity contribution in [1.29, 1.82) is 0 Å². The normalized spacial score (nSPS) is 16.9. The third-order valence-electron chi connectivity index (χ3n) is 3.52. The second kappa shape index (κ2) is 6.78. The summed E-state index contributed by atoms with van der Waals surface area (Å²) in [4.78, 5) is 11.9. The van der Waals surface area contributed by atoms with Crippen LogP contribution >= 0.6 is 27.5 Å². The number of carbonyl (C=O) groups excluding carboxylic acids is 1. The summed E-state index contributed by atoms with van der Waals surface area (Å²) < 4.78 is 6.26. The molecule has 0 spiro atoms. The molecule has 20 heavy (non-hydrogen) atoms. The lowest BCUT2D eigenvalue weighted by Crippen LogP contribution is -2.50. The van der Waals surface area contributed by atoms with E-state index in [1.807, 2.05) is 0 Å². The third kappa shape index (κ3) is 3.87. The largest absolute Gasteiger partial charge is 0.482 e. The van der Waals surface area contributed by atoms with E-state index >= 15 is 0 Å². The standard InChI is InChI=1S/C14H17BrClNO3/c15-10-3-4-12(11(16)7-10)20-8-13(19)17-14(9-18)5-1-2-6-14/h3-4,7,18H,1-2,5-6,8-9H2,(H,17,19). The van der Waals surface area contributed by atoms with Gasteiger partial charge in [-0.05, 0) is 31.0 Å². The number of benzene rings is 1. The molecule has 1 saturated carbocycles. The van der Waals surface area contributed by atoms with E-state index < -0.39 is 5.54 Å². The van der Waals surface area contributed by atoms with Crippen LogP contribution in [0.25, 0.3) is 0 Å². The van der Waals surface area contributed by atoms with Crippen molar-refractivity contribution < 1.29 is 14.6 Å². The number of halogens is 2. The van der Waals surface area contributed by atoms with Gasteiger partial charge in [-0.3, -0.25) is 4.79 Å². The lowest BCUT2D eigenvalue weighted by atomic mass is 9.99. The van der Waals surface area contributed by atoms with Crippen LogP contribution in [0, 0.1) is 0 Å². The Morgan fingerprint density at radius 2 is 2.15 bits per heavy atom. The van der Waals surface area contributed by atoms with Gasteiger partial charge in [-0.25, -0.2) is 0 Å². The van der Waals surface area contributed by atoms with Crippen LogP contribution in [-0.4, -0.2) is 29.8 Å². The lowest BCUT2D eigenvalue weighted by molar-refractivity contribution is -0.125. The number of aliphatic hydroxyl groups is 1. The first-order valence-corrected chi connectivity index (χ1v) is 7.71. The van der Waals surface area contributed by atoms with Gasteiger partial charge in [0.2, 0.25) is 0 Å². The van der Waals surface area contributed by atoms with Crippen LogP contribution in [0.4, 0.5) is 0 Å². The number of carbonyl (C=O) groups is 1. The van der Waals surface area contributed by atoms with Crippen molar-refractivity contribution in [2.75, 3.05) is 13.2 Å². The molecule has 1 fully saturated rings. The van der Waals surface area contributed by atoms with E-state index in [4.69, 9.17) is 16.3 Å². The van der Waals surface area contributed by atoms with E-state index in [-0.39, 0.29) is 19.1 Å². The molecule has 1 amide bonds. The SMILES string of the molecule is O=C(COc1ccc(Br)cc1Cl)NC1(CO)CCCC1. The first kappa shape index (κ1) is 15.6.